The third-order valence-corrected chi connectivity index (χ3v) is 7.81. The van der Waals surface area contributed by atoms with Crippen LogP contribution in [0, 0.1) is 20.8 Å². The van der Waals surface area contributed by atoms with Crippen LogP contribution >= 0.6 is 15.9 Å². The molecule has 0 heterocycles. The van der Waals surface area contributed by atoms with Gasteiger partial charge in [0.2, 0.25) is 6.71 Å². The van der Waals surface area contributed by atoms with Gasteiger partial charge in [0.15, 0.2) is 0 Å². The lowest BCUT2D eigenvalue weighted by atomic mass is 9.35. The van der Waals surface area contributed by atoms with Crippen molar-refractivity contribution in [1.82, 2.24) is 0 Å². The van der Waals surface area contributed by atoms with Crippen LogP contribution < -0.4 is 16.4 Å². The highest BCUT2D eigenvalue weighted by molar-refractivity contribution is 9.10. The first-order chi connectivity index (χ1) is 16.0. The Hall–Kier alpha value is -3.10. The van der Waals surface area contributed by atoms with Crippen molar-refractivity contribution in [3.63, 3.8) is 0 Å². The summed E-state index contributed by atoms with van der Waals surface area (Å²) < 4.78 is 1.15. The Morgan fingerprint density at radius 1 is 0.606 bits per heavy atom. The quantitative estimate of drug-likeness (QED) is 0.191. The lowest BCUT2D eigenvalue weighted by Gasteiger charge is -2.23. The Balaban J connectivity index is 1.75. The zero-order valence-corrected chi connectivity index (χ0v) is 20.7. The van der Waals surface area contributed by atoms with Gasteiger partial charge in [0.05, 0.1) is 0 Å². The van der Waals surface area contributed by atoms with Crippen LogP contribution in [0.5, 0.6) is 0 Å². The summed E-state index contributed by atoms with van der Waals surface area (Å²) in [6, 6.07) is 33.8. The topological polar surface area (TPSA) is 0 Å². The van der Waals surface area contributed by atoms with Crippen LogP contribution in [0.1, 0.15) is 16.7 Å². The van der Waals surface area contributed by atoms with Gasteiger partial charge in [-0.2, -0.15) is 0 Å². The molecule has 0 N–H and O–H groups in total. The average Bonchev–Trinajstić information content (AvgIpc) is 2.81. The first kappa shape index (κ1) is 20.5. The van der Waals surface area contributed by atoms with Gasteiger partial charge in [-0.3, -0.25) is 0 Å². The molecule has 0 spiro atoms. The third kappa shape index (κ3) is 3.20. The molecule has 0 saturated heterocycles. The van der Waals surface area contributed by atoms with E-state index in [-0.39, 0.29) is 6.71 Å². The van der Waals surface area contributed by atoms with Crippen molar-refractivity contribution in [1.29, 1.82) is 0 Å². The van der Waals surface area contributed by atoms with E-state index in [1.54, 1.807) is 0 Å². The molecule has 0 aliphatic carbocycles. The van der Waals surface area contributed by atoms with Crippen LogP contribution in [-0.2, 0) is 0 Å². The van der Waals surface area contributed by atoms with Crippen molar-refractivity contribution in [2.45, 2.75) is 20.8 Å². The van der Waals surface area contributed by atoms with Crippen LogP contribution in [-0.4, -0.2) is 6.71 Å². The first-order valence-corrected chi connectivity index (χ1v) is 12.3. The molecule has 6 rings (SSSR count). The van der Waals surface area contributed by atoms with E-state index in [1.165, 1.54) is 65.4 Å². The Morgan fingerprint density at radius 3 is 1.88 bits per heavy atom. The summed E-state index contributed by atoms with van der Waals surface area (Å²) in [4.78, 5) is 0. The summed E-state index contributed by atoms with van der Waals surface area (Å²) in [5, 5.41) is 7.94. The summed E-state index contributed by atoms with van der Waals surface area (Å²) in [6.45, 7) is 6.89. The Bertz CT molecular complexity index is 1630. The smallest absolute Gasteiger partial charge is 0.0686 e. The van der Waals surface area contributed by atoms with Crippen LogP contribution in [0.2, 0.25) is 0 Å². The Labute approximate surface area is 203 Å². The van der Waals surface area contributed by atoms with E-state index in [4.69, 9.17) is 0 Å². The molecule has 0 amide bonds. The molecule has 0 nitrogen and oxygen atoms in total. The van der Waals surface area contributed by atoms with Crippen molar-refractivity contribution in [2.75, 3.05) is 0 Å². The number of hydrogen-bond donors (Lipinski definition) is 0. The molecule has 6 aromatic rings. The minimum atomic E-state index is 0.180. The Kier molecular flexibility index (Phi) is 4.81. The summed E-state index contributed by atoms with van der Waals surface area (Å²) in [5.74, 6) is 0. The van der Waals surface area contributed by atoms with Gasteiger partial charge in [-0.1, -0.05) is 134 Å². The molecule has 0 bridgehead atoms. The van der Waals surface area contributed by atoms with Crippen molar-refractivity contribution in [3.05, 3.63) is 112 Å². The minimum Gasteiger partial charge on any atom is -0.0686 e. The summed E-state index contributed by atoms with van der Waals surface area (Å²) >= 11 is 3.79. The lowest BCUT2D eigenvalue weighted by molar-refractivity contribution is 1.35. The maximum Gasteiger partial charge on any atom is 0.242 e. The van der Waals surface area contributed by atoms with Gasteiger partial charge in [-0.15, -0.1) is 0 Å². The second-order valence-corrected chi connectivity index (χ2v) is 10.1. The highest BCUT2D eigenvalue weighted by Gasteiger charge is 2.27. The van der Waals surface area contributed by atoms with Crippen LogP contribution in [0.4, 0.5) is 0 Å². The maximum atomic E-state index is 3.79. The molecular formula is C31H24BBr. The fourth-order valence-electron chi connectivity index (χ4n) is 5.83. The standard InChI is InChI=1S/C31H24BBr/c1-19-17-20(2)31(21(3)18-19)32(24-7-5-4-6-8-24)27-15-11-22-10-14-26-28(33)16-12-23-9-13-25(27)29(22)30(23)26/h4-18H,1-3H3. The second-order valence-electron chi connectivity index (χ2n) is 9.28. The SMILES string of the molecule is Cc1cc(C)c(B(c2ccccc2)c2ccc3ccc4c(Br)ccc5ccc2c3c54)c(C)c1. The second kappa shape index (κ2) is 7.75. The van der Waals surface area contributed by atoms with E-state index in [2.05, 4.69) is 128 Å². The lowest BCUT2D eigenvalue weighted by Crippen LogP contribution is -2.54. The molecule has 0 fully saturated rings. The number of benzene rings is 6. The Morgan fingerprint density at radius 2 is 1.18 bits per heavy atom. The normalized spacial score (nSPS) is 11.6. The van der Waals surface area contributed by atoms with Crippen LogP contribution in [0.3, 0.4) is 0 Å². The average molecular weight is 487 g/mol. The van der Waals surface area contributed by atoms with E-state index in [9.17, 15) is 0 Å². The van der Waals surface area contributed by atoms with E-state index in [0.29, 0.717) is 0 Å². The van der Waals surface area contributed by atoms with Crippen LogP contribution in [0.15, 0.2) is 95.5 Å². The number of rotatable bonds is 3. The van der Waals surface area contributed by atoms with Gasteiger partial charge in [0.1, 0.15) is 0 Å². The van der Waals surface area contributed by atoms with Gasteiger partial charge in [-0.05, 0) is 59.2 Å². The molecule has 0 aliphatic rings. The number of hydrogen-bond acceptors (Lipinski definition) is 0. The fourth-order valence-corrected chi connectivity index (χ4v) is 6.30. The monoisotopic (exact) mass is 486 g/mol. The molecular weight excluding hydrogens is 463 g/mol. The van der Waals surface area contributed by atoms with E-state index in [0.717, 1.165) is 4.47 Å². The zero-order valence-electron chi connectivity index (χ0n) is 19.1. The van der Waals surface area contributed by atoms with Crippen molar-refractivity contribution in [2.24, 2.45) is 0 Å². The molecule has 158 valence electrons. The van der Waals surface area contributed by atoms with Gasteiger partial charge in [0.25, 0.3) is 0 Å². The predicted molar refractivity (Wildman–Crippen MR) is 150 cm³/mol. The summed E-state index contributed by atoms with van der Waals surface area (Å²) in [7, 11) is 0. The van der Waals surface area contributed by atoms with E-state index >= 15 is 0 Å². The molecule has 6 aromatic carbocycles. The number of halogens is 1. The number of aryl methyl sites for hydroxylation is 3. The van der Waals surface area contributed by atoms with Gasteiger partial charge < -0.3 is 0 Å². The van der Waals surface area contributed by atoms with Crippen LogP contribution in [0.25, 0.3) is 32.3 Å². The van der Waals surface area contributed by atoms with E-state index < -0.39 is 0 Å². The largest absolute Gasteiger partial charge is 0.242 e. The fraction of sp³-hybridized carbons (Fsp3) is 0.0968. The molecule has 0 aliphatic heterocycles. The molecule has 0 unspecified atom stereocenters. The van der Waals surface area contributed by atoms with Gasteiger partial charge in [-0.25, -0.2) is 0 Å². The summed E-state index contributed by atoms with van der Waals surface area (Å²) in [5.41, 5.74) is 8.16. The van der Waals surface area contributed by atoms with Gasteiger partial charge in [0, 0.05) is 4.47 Å². The van der Waals surface area contributed by atoms with Gasteiger partial charge >= 0.3 is 0 Å². The third-order valence-electron chi connectivity index (χ3n) is 7.12. The maximum absolute atomic E-state index is 3.79. The summed E-state index contributed by atoms with van der Waals surface area (Å²) in [6.07, 6.45) is 0. The molecule has 0 saturated carbocycles. The molecule has 0 atom stereocenters. The first-order valence-electron chi connectivity index (χ1n) is 11.5. The zero-order chi connectivity index (χ0) is 22.7. The molecule has 0 radical (unpaired) electrons. The van der Waals surface area contributed by atoms with Crippen molar-refractivity contribution >= 4 is 71.3 Å². The predicted octanol–water partition coefficient (Wildman–Crippen LogP) is 6.79. The highest BCUT2D eigenvalue weighted by Crippen LogP contribution is 2.37. The van der Waals surface area contributed by atoms with E-state index in [1.807, 2.05) is 0 Å². The minimum absolute atomic E-state index is 0.180. The van der Waals surface area contributed by atoms with Crippen molar-refractivity contribution < 1.29 is 0 Å². The molecule has 0 aromatic heterocycles. The highest BCUT2D eigenvalue weighted by atomic mass is 79.9. The van der Waals surface area contributed by atoms with Crippen molar-refractivity contribution in [3.8, 4) is 0 Å². The molecule has 33 heavy (non-hydrogen) atoms. The molecule has 2 heteroatoms.